The summed E-state index contributed by atoms with van der Waals surface area (Å²) in [4.78, 5) is 0. The van der Waals surface area contributed by atoms with Gasteiger partial charge in [0.2, 0.25) is 20.8 Å². The van der Waals surface area contributed by atoms with Gasteiger partial charge in [0.15, 0.2) is 22.1 Å². The van der Waals surface area contributed by atoms with Crippen LogP contribution in [0, 0.1) is 6.92 Å². The number of hydrogen-bond acceptors (Lipinski definition) is 12. The molecule has 0 aliphatic rings. The molecule has 0 atom stereocenters. The molecule has 16 nitrogen and oxygen atoms in total. The van der Waals surface area contributed by atoms with E-state index >= 15 is 0 Å². The van der Waals surface area contributed by atoms with E-state index in [-0.39, 0.29) is 49.6 Å². The van der Waals surface area contributed by atoms with Crippen molar-refractivity contribution in [3.63, 3.8) is 0 Å². The van der Waals surface area contributed by atoms with E-state index in [1.54, 1.807) is 12.1 Å². The van der Waals surface area contributed by atoms with Gasteiger partial charge in [-0.3, -0.25) is 8.37 Å². The Hall–Kier alpha value is -2.73. The van der Waals surface area contributed by atoms with Gasteiger partial charge >= 0.3 is 12.0 Å². The van der Waals surface area contributed by atoms with Gasteiger partial charge in [0, 0.05) is 19.1 Å². The van der Waals surface area contributed by atoms with Crippen LogP contribution < -0.4 is 32.1 Å². The lowest BCUT2D eigenvalue weighted by Crippen LogP contribution is -2.38. The molecule has 25 heteroatoms. The van der Waals surface area contributed by atoms with Crippen LogP contribution in [0.2, 0.25) is 0 Å². The number of rotatable bonds is 2. The second-order valence-electron chi connectivity index (χ2n) is 8.69. The van der Waals surface area contributed by atoms with E-state index in [1.807, 2.05) is 42.3 Å². The van der Waals surface area contributed by atoms with Crippen LogP contribution in [0.15, 0.2) is 24.3 Å². The predicted octanol–water partition coefficient (Wildman–Crippen LogP) is 1.53. The van der Waals surface area contributed by atoms with Crippen LogP contribution in [0.5, 0.6) is 0 Å². The molecule has 0 spiro atoms. The summed E-state index contributed by atoms with van der Waals surface area (Å²) in [6, 6.07) is 6.72. The monoisotopic (exact) mass is 802 g/mol. The third kappa shape index (κ3) is 13.7. The molecule has 4 aromatic rings. The van der Waals surface area contributed by atoms with Gasteiger partial charge in [0.25, 0.3) is 5.82 Å². The summed E-state index contributed by atoms with van der Waals surface area (Å²) in [5.74, 6) is 0.381. The van der Waals surface area contributed by atoms with Crippen LogP contribution in [-0.2, 0) is 63.5 Å². The Kier molecular flexibility index (Phi) is 21.0. The second-order valence-corrected chi connectivity index (χ2v) is 11.0. The molecule has 0 radical (unpaired) electrons. The molecule has 0 fully saturated rings. The van der Waals surface area contributed by atoms with Gasteiger partial charge in [0.05, 0.1) is 65.2 Å². The standard InChI is InChI=1S/C14H17F3N4.C6H10N4.2CH4O4S.4ClH/c1-8-18(2)9-6-11-12(7-10(9)19(8)3)21(5)13(20(11)4)14(15,16)17;7-3-1-4(8)6(10)2-5(3)9;2*1-5-6(2,3)4;;;;/h6-7H,1-5H3;1-2H,7-10H2;2*1H3,(H,2,3,4);4*1H/q+2;;;;;;;/p-2. The number of benzene rings is 2. The molecule has 274 valence electrons. The molecule has 2 aromatic carbocycles. The van der Waals surface area contributed by atoms with Crippen molar-refractivity contribution in [3.05, 3.63) is 35.9 Å². The fourth-order valence-electron chi connectivity index (χ4n) is 3.70. The number of alkyl halides is 3. The Labute approximate surface area is 294 Å². The highest BCUT2D eigenvalue weighted by atomic mass is 35.5. The normalized spacial score (nSPS) is 10.7. The zero-order valence-corrected chi connectivity index (χ0v) is 30.7. The van der Waals surface area contributed by atoms with Gasteiger partial charge in [-0.05, 0) is 12.1 Å². The predicted molar refractivity (Wildman–Crippen MR) is 178 cm³/mol. The first-order valence-corrected chi connectivity index (χ1v) is 14.2. The van der Waals surface area contributed by atoms with E-state index in [1.165, 1.54) is 23.2 Å². The van der Waals surface area contributed by atoms with Crippen molar-refractivity contribution in [1.82, 2.24) is 9.13 Å². The lowest BCUT2D eigenvalue weighted by atomic mass is 10.2. The van der Waals surface area contributed by atoms with Crippen molar-refractivity contribution in [2.75, 3.05) is 37.2 Å². The minimum atomic E-state index is -4.41. The quantitative estimate of drug-likeness (QED) is 0.0975. The number of nitrogen functional groups attached to an aromatic ring is 4. The molecular weight excluding hydrogens is 767 g/mol. The Morgan fingerprint density at radius 3 is 1.28 bits per heavy atom. The first-order chi connectivity index (χ1) is 19.4. The number of halogens is 7. The van der Waals surface area contributed by atoms with Crippen molar-refractivity contribution < 1.29 is 56.6 Å². The summed E-state index contributed by atoms with van der Waals surface area (Å²) in [5.41, 5.74) is 26.5. The lowest BCUT2D eigenvalue weighted by molar-refractivity contribution is -0.668. The van der Waals surface area contributed by atoms with E-state index in [9.17, 15) is 39.1 Å². The maximum absolute atomic E-state index is 13.2. The Balaban J connectivity index is -0.000000301. The summed E-state index contributed by atoms with van der Waals surface area (Å²) in [5, 5.41) is 0. The highest BCUT2D eigenvalue weighted by Crippen LogP contribution is 2.30. The van der Waals surface area contributed by atoms with E-state index in [2.05, 4.69) is 8.37 Å². The molecular formula is C22H37Cl4F3N8O8S2. The summed E-state index contributed by atoms with van der Waals surface area (Å²) in [7, 11) is -0.478. The van der Waals surface area contributed by atoms with Gasteiger partial charge in [0.1, 0.15) is 0 Å². The minimum absolute atomic E-state index is 0. The largest absolute Gasteiger partial charge is 0.726 e. The van der Waals surface area contributed by atoms with Gasteiger partial charge in [-0.15, -0.1) is 49.6 Å². The lowest BCUT2D eigenvalue weighted by Gasteiger charge is -2.03. The fourth-order valence-corrected chi connectivity index (χ4v) is 3.70. The molecule has 0 aliphatic heterocycles. The number of nitrogens with two attached hydrogens (primary N) is 4. The summed E-state index contributed by atoms with van der Waals surface area (Å²) in [6.07, 6.45) is -4.38. The van der Waals surface area contributed by atoms with Crippen molar-refractivity contribution in [3.8, 4) is 0 Å². The Morgan fingerprint density at radius 2 is 0.979 bits per heavy atom. The van der Waals surface area contributed by atoms with Crippen molar-refractivity contribution in [2.45, 2.75) is 13.1 Å². The number of hydrogen-bond donors (Lipinski definition) is 4. The topological polar surface area (TPSA) is 255 Å². The third-order valence-electron chi connectivity index (χ3n) is 6.07. The summed E-state index contributed by atoms with van der Waals surface area (Å²) < 4.78 is 108. The highest BCUT2D eigenvalue weighted by Gasteiger charge is 2.45. The number of nitrogens with zero attached hydrogens (tertiary/aromatic N) is 4. The molecule has 0 aliphatic carbocycles. The molecule has 8 N–H and O–H groups in total. The third-order valence-corrected chi connectivity index (χ3v) is 6.89. The maximum atomic E-state index is 13.2. The van der Waals surface area contributed by atoms with Crippen LogP contribution in [0.3, 0.4) is 0 Å². The molecule has 0 bridgehead atoms. The zero-order valence-electron chi connectivity index (χ0n) is 25.8. The van der Waals surface area contributed by atoms with E-state index < -0.39 is 32.8 Å². The van der Waals surface area contributed by atoms with Crippen LogP contribution in [-0.4, -0.2) is 49.3 Å². The molecule has 0 saturated heterocycles. The van der Waals surface area contributed by atoms with Crippen molar-refractivity contribution in [1.29, 1.82) is 0 Å². The highest BCUT2D eigenvalue weighted by molar-refractivity contribution is 7.81. The molecule has 0 unspecified atom stereocenters. The van der Waals surface area contributed by atoms with Crippen LogP contribution in [0.4, 0.5) is 35.9 Å². The average Bonchev–Trinajstić information content (AvgIpc) is 3.26. The smallest absolute Gasteiger partial charge is 0.495 e. The van der Waals surface area contributed by atoms with Crippen molar-refractivity contribution >= 4 is 115 Å². The minimum Gasteiger partial charge on any atom is -0.726 e. The van der Waals surface area contributed by atoms with E-state index in [4.69, 9.17) is 22.9 Å². The zero-order chi connectivity index (χ0) is 33.8. The number of aromatic nitrogens is 4. The average molecular weight is 805 g/mol. The molecule has 2 heterocycles. The SMILES string of the molecule is COS(=O)(=O)[O-].COS(=O)(=O)[O-].Cc1n(C)c2cc3c(cc2[n+]1C)[n+](C)c(C(F)(F)F)n3C.Cl.Cl.Cl.Cl.Nc1cc(N)c(N)cc1N. The number of aryl methyl sites for hydroxylation is 4. The number of fused-ring (bicyclic) bond motifs is 2. The second kappa shape index (κ2) is 19.3. The Morgan fingerprint density at radius 1 is 0.681 bits per heavy atom. The maximum Gasteiger partial charge on any atom is 0.495 e. The van der Waals surface area contributed by atoms with E-state index in [0.29, 0.717) is 33.8 Å². The molecule has 4 rings (SSSR count). The summed E-state index contributed by atoms with van der Waals surface area (Å²) in [6.45, 7) is 1.98. The van der Waals surface area contributed by atoms with Crippen LogP contribution in [0.25, 0.3) is 22.1 Å². The fraction of sp³-hybridized carbons (Fsp3) is 0.364. The van der Waals surface area contributed by atoms with Gasteiger partial charge in [-0.1, -0.05) is 0 Å². The van der Waals surface area contributed by atoms with E-state index in [0.717, 1.165) is 31.1 Å². The first-order valence-electron chi connectivity index (χ1n) is 11.5. The molecule has 0 amide bonds. The summed E-state index contributed by atoms with van der Waals surface area (Å²) >= 11 is 0. The Bertz CT molecular complexity index is 1710. The molecule has 2 aromatic heterocycles. The number of imidazole rings is 2. The number of anilines is 4. The van der Waals surface area contributed by atoms with Gasteiger partial charge in [-0.25, -0.2) is 35.1 Å². The van der Waals surface area contributed by atoms with Crippen molar-refractivity contribution in [2.24, 2.45) is 28.2 Å². The first kappa shape index (κ1) is 51.1. The van der Waals surface area contributed by atoms with Crippen LogP contribution >= 0.6 is 49.6 Å². The molecule has 0 saturated carbocycles. The van der Waals surface area contributed by atoms with Gasteiger partial charge in [-0.2, -0.15) is 13.2 Å². The van der Waals surface area contributed by atoms with Gasteiger partial charge < -0.3 is 32.0 Å². The molecule has 47 heavy (non-hydrogen) atoms. The van der Waals surface area contributed by atoms with Crippen LogP contribution in [0.1, 0.15) is 11.6 Å².